The van der Waals surface area contributed by atoms with E-state index in [9.17, 15) is 25.0 Å². The number of carbonyl (C=O) groups is 1. The van der Waals surface area contributed by atoms with E-state index in [1.54, 1.807) is 24.3 Å². The van der Waals surface area contributed by atoms with Crippen molar-refractivity contribution in [3.8, 4) is 5.75 Å². The van der Waals surface area contributed by atoms with Crippen LogP contribution >= 0.6 is 0 Å². The minimum absolute atomic E-state index is 0.0914. The molecule has 2 aromatic carbocycles. The molecule has 0 amide bonds. The van der Waals surface area contributed by atoms with E-state index >= 15 is 0 Å². The number of benzene rings is 2. The number of allylic oxidation sites excluding steroid dienone is 1. The molecule has 0 saturated carbocycles. The van der Waals surface area contributed by atoms with E-state index in [-0.39, 0.29) is 17.1 Å². The van der Waals surface area contributed by atoms with Gasteiger partial charge in [0.1, 0.15) is 5.75 Å². The first kappa shape index (κ1) is 18.5. The number of nitro groups is 2. The summed E-state index contributed by atoms with van der Waals surface area (Å²) in [5.74, 6) is -0.543. The van der Waals surface area contributed by atoms with Crippen LogP contribution in [0.2, 0.25) is 0 Å². The number of para-hydroxylation sites is 1. The Morgan fingerprint density at radius 3 is 2.50 bits per heavy atom. The standard InChI is InChI=1S/C18H14N2O6/c1-13(19(22)23)11-15-6-2-3-8-17(15)26-18(21)10-9-14-5-4-7-16(12-14)20(24)25/h2-12H,1H3/b10-9+,13-11+. The normalized spacial score (nSPS) is 11.3. The molecule has 0 unspecified atom stereocenters. The van der Waals surface area contributed by atoms with Crippen LogP contribution in [-0.2, 0) is 4.79 Å². The van der Waals surface area contributed by atoms with Crippen LogP contribution in [0.4, 0.5) is 5.69 Å². The molecule has 0 atom stereocenters. The maximum Gasteiger partial charge on any atom is 0.336 e. The van der Waals surface area contributed by atoms with Crippen molar-refractivity contribution in [1.82, 2.24) is 0 Å². The van der Waals surface area contributed by atoms with Crippen molar-refractivity contribution in [2.24, 2.45) is 0 Å². The number of hydrogen-bond donors (Lipinski definition) is 0. The zero-order valence-corrected chi connectivity index (χ0v) is 13.7. The van der Waals surface area contributed by atoms with Crippen molar-refractivity contribution < 1.29 is 19.4 Å². The molecule has 132 valence electrons. The predicted molar refractivity (Wildman–Crippen MR) is 94.9 cm³/mol. The highest BCUT2D eigenvalue weighted by atomic mass is 16.6. The van der Waals surface area contributed by atoms with Crippen LogP contribution in [0, 0.1) is 20.2 Å². The lowest BCUT2D eigenvalue weighted by molar-refractivity contribution is -0.422. The number of ether oxygens (including phenoxy) is 1. The Morgan fingerprint density at radius 2 is 1.81 bits per heavy atom. The molecule has 0 fully saturated rings. The summed E-state index contributed by atoms with van der Waals surface area (Å²) < 4.78 is 5.20. The molecule has 0 aromatic heterocycles. The molecule has 0 radical (unpaired) electrons. The fourth-order valence-corrected chi connectivity index (χ4v) is 2.02. The van der Waals surface area contributed by atoms with Crippen LogP contribution in [0.5, 0.6) is 5.75 Å². The number of esters is 1. The van der Waals surface area contributed by atoms with Gasteiger partial charge < -0.3 is 4.74 Å². The van der Waals surface area contributed by atoms with Gasteiger partial charge in [0.25, 0.3) is 5.69 Å². The third kappa shape index (κ3) is 5.10. The number of carbonyl (C=O) groups excluding carboxylic acids is 1. The maximum absolute atomic E-state index is 12.0. The Bertz CT molecular complexity index is 917. The molecule has 26 heavy (non-hydrogen) atoms. The van der Waals surface area contributed by atoms with Gasteiger partial charge in [0.05, 0.1) is 9.85 Å². The van der Waals surface area contributed by atoms with Gasteiger partial charge in [0, 0.05) is 36.8 Å². The third-order valence-corrected chi connectivity index (χ3v) is 3.27. The predicted octanol–water partition coefficient (Wildman–Crippen LogP) is 3.85. The Morgan fingerprint density at radius 1 is 1.08 bits per heavy atom. The molecule has 0 aliphatic heterocycles. The van der Waals surface area contributed by atoms with E-state index in [1.165, 1.54) is 43.3 Å². The Labute approximate surface area is 148 Å². The summed E-state index contributed by atoms with van der Waals surface area (Å²) in [6, 6.07) is 12.2. The zero-order valence-electron chi connectivity index (χ0n) is 13.7. The van der Waals surface area contributed by atoms with Crippen molar-refractivity contribution >= 4 is 23.8 Å². The third-order valence-electron chi connectivity index (χ3n) is 3.27. The topological polar surface area (TPSA) is 113 Å². The molecule has 0 saturated heterocycles. The van der Waals surface area contributed by atoms with E-state index < -0.39 is 15.8 Å². The van der Waals surface area contributed by atoms with Gasteiger partial charge in [0.2, 0.25) is 5.70 Å². The Kier molecular flexibility index (Phi) is 5.94. The van der Waals surface area contributed by atoms with Gasteiger partial charge in [-0.05, 0) is 17.7 Å². The second-order valence-electron chi connectivity index (χ2n) is 5.19. The quantitative estimate of drug-likeness (QED) is 0.256. The van der Waals surface area contributed by atoms with E-state index in [0.717, 1.165) is 6.08 Å². The van der Waals surface area contributed by atoms with Crippen molar-refractivity contribution in [2.45, 2.75) is 6.92 Å². The highest BCUT2D eigenvalue weighted by Gasteiger charge is 2.09. The van der Waals surface area contributed by atoms with Gasteiger partial charge in [0.15, 0.2) is 0 Å². The first-order chi connectivity index (χ1) is 12.4. The molecule has 2 aromatic rings. The van der Waals surface area contributed by atoms with Gasteiger partial charge in [-0.1, -0.05) is 30.3 Å². The molecule has 0 spiro atoms. The average molecular weight is 354 g/mol. The van der Waals surface area contributed by atoms with Crippen LogP contribution in [-0.4, -0.2) is 15.8 Å². The van der Waals surface area contributed by atoms with Crippen LogP contribution in [0.3, 0.4) is 0 Å². The first-order valence-electron chi connectivity index (χ1n) is 7.43. The smallest absolute Gasteiger partial charge is 0.336 e. The Hall–Kier alpha value is -3.81. The SMILES string of the molecule is C/C(=C\c1ccccc1OC(=O)/C=C/c1cccc([N+](=O)[O-])c1)[N+](=O)[O-]. The van der Waals surface area contributed by atoms with Gasteiger partial charge >= 0.3 is 5.97 Å². The molecular weight excluding hydrogens is 340 g/mol. The van der Waals surface area contributed by atoms with E-state index in [2.05, 4.69) is 0 Å². The molecular formula is C18H14N2O6. The number of nitrogens with zero attached hydrogens (tertiary/aromatic N) is 2. The van der Waals surface area contributed by atoms with Crippen molar-refractivity contribution in [1.29, 1.82) is 0 Å². The van der Waals surface area contributed by atoms with Crippen LogP contribution in [0.1, 0.15) is 18.1 Å². The average Bonchev–Trinajstić information content (AvgIpc) is 2.61. The minimum Gasteiger partial charge on any atom is -0.423 e. The van der Waals surface area contributed by atoms with Gasteiger partial charge in [-0.3, -0.25) is 20.2 Å². The number of non-ortho nitro benzene ring substituents is 1. The summed E-state index contributed by atoms with van der Waals surface area (Å²) in [7, 11) is 0. The number of hydrogen-bond acceptors (Lipinski definition) is 6. The molecule has 0 heterocycles. The molecule has 8 heteroatoms. The van der Waals surface area contributed by atoms with Crippen molar-refractivity contribution in [2.75, 3.05) is 0 Å². The molecule has 2 rings (SSSR count). The fraction of sp³-hybridized carbons (Fsp3) is 0.0556. The summed E-state index contributed by atoms with van der Waals surface area (Å²) in [5, 5.41) is 21.5. The van der Waals surface area contributed by atoms with Gasteiger partial charge in [-0.25, -0.2) is 4.79 Å². The maximum atomic E-state index is 12.0. The summed E-state index contributed by atoms with van der Waals surface area (Å²) in [6.45, 7) is 1.33. The minimum atomic E-state index is -0.712. The van der Waals surface area contributed by atoms with Crippen molar-refractivity contribution in [3.63, 3.8) is 0 Å². The molecule has 0 bridgehead atoms. The monoisotopic (exact) mass is 354 g/mol. The second kappa shape index (κ2) is 8.34. The summed E-state index contributed by atoms with van der Waals surface area (Å²) >= 11 is 0. The number of rotatable bonds is 6. The lowest BCUT2D eigenvalue weighted by Gasteiger charge is -2.05. The zero-order chi connectivity index (χ0) is 19.1. The van der Waals surface area contributed by atoms with Gasteiger partial charge in [-0.2, -0.15) is 0 Å². The highest BCUT2D eigenvalue weighted by Crippen LogP contribution is 2.21. The number of nitro benzene ring substituents is 1. The van der Waals surface area contributed by atoms with Crippen LogP contribution in [0.25, 0.3) is 12.2 Å². The van der Waals surface area contributed by atoms with Crippen molar-refractivity contribution in [3.05, 3.63) is 91.7 Å². The van der Waals surface area contributed by atoms with Crippen LogP contribution in [0.15, 0.2) is 60.3 Å². The lowest BCUT2D eigenvalue weighted by Crippen LogP contribution is -2.05. The summed E-state index contributed by atoms with van der Waals surface area (Å²) in [4.78, 5) is 32.4. The van der Waals surface area contributed by atoms with Gasteiger partial charge in [-0.15, -0.1) is 0 Å². The summed E-state index contributed by atoms with van der Waals surface area (Å²) in [5.41, 5.74) is 0.666. The van der Waals surface area contributed by atoms with E-state index in [0.29, 0.717) is 11.1 Å². The highest BCUT2D eigenvalue weighted by molar-refractivity contribution is 5.89. The van der Waals surface area contributed by atoms with E-state index in [4.69, 9.17) is 4.74 Å². The lowest BCUT2D eigenvalue weighted by atomic mass is 10.1. The molecule has 0 aliphatic carbocycles. The largest absolute Gasteiger partial charge is 0.423 e. The molecule has 0 aliphatic rings. The fourth-order valence-electron chi connectivity index (χ4n) is 2.02. The molecule has 0 N–H and O–H groups in total. The Balaban J connectivity index is 2.16. The summed E-state index contributed by atoms with van der Waals surface area (Å²) in [6.07, 6.45) is 3.81. The van der Waals surface area contributed by atoms with Crippen LogP contribution < -0.4 is 4.74 Å². The molecule has 8 nitrogen and oxygen atoms in total. The van der Waals surface area contributed by atoms with E-state index in [1.807, 2.05) is 0 Å². The second-order valence-corrected chi connectivity index (χ2v) is 5.19. The first-order valence-corrected chi connectivity index (χ1v) is 7.43.